The van der Waals surface area contributed by atoms with E-state index in [2.05, 4.69) is 36.4 Å². The van der Waals surface area contributed by atoms with Crippen LogP contribution in [0.4, 0.5) is 0 Å². The van der Waals surface area contributed by atoms with Crippen molar-refractivity contribution in [1.82, 2.24) is 0 Å². The molecular formula is C17H21NOS. The van der Waals surface area contributed by atoms with Crippen molar-refractivity contribution in [3.05, 3.63) is 65.7 Å². The zero-order valence-electron chi connectivity index (χ0n) is 11.8. The second-order valence-corrected chi connectivity index (χ2v) is 5.64. The average Bonchev–Trinajstić information content (AvgIpc) is 2.49. The van der Waals surface area contributed by atoms with Crippen LogP contribution in [0.25, 0.3) is 0 Å². The van der Waals surface area contributed by atoms with Crippen LogP contribution in [0, 0.1) is 0 Å². The number of rotatable bonds is 7. The molecule has 1 unspecified atom stereocenters. The molecule has 1 atom stereocenters. The third-order valence-corrected chi connectivity index (χ3v) is 4.16. The molecule has 0 aliphatic heterocycles. The molecule has 0 amide bonds. The van der Waals surface area contributed by atoms with Gasteiger partial charge in [-0.2, -0.15) is 11.8 Å². The van der Waals surface area contributed by atoms with Gasteiger partial charge in [0.05, 0.1) is 6.61 Å². The predicted molar refractivity (Wildman–Crippen MR) is 87.1 cm³/mol. The fourth-order valence-electron chi connectivity index (χ4n) is 1.95. The number of hydrogen-bond acceptors (Lipinski definition) is 3. The lowest BCUT2D eigenvalue weighted by molar-refractivity contribution is 0.340. The average molecular weight is 287 g/mol. The summed E-state index contributed by atoms with van der Waals surface area (Å²) in [5, 5.41) is 0. The van der Waals surface area contributed by atoms with Crippen molar-refractivity contribution in [2.24, 2.45) is 5.73 Å². The first-order chi connectivity index (χ1) is 9.79. The van der Waals surface area contributed by atoms with Gasteiger partial charge in [-0.3, -0.25) is 0 Å². The van der Waals surface area contributed by atoms with Crippen LogP contribution in [0.2, 0.25) is 0 Å². The van der Waals surface area contributed by atoms with Crippen LogP contribution < -0.4 is 10.5 Å². The van der Waals surface area contributed by atoms with Crippen molar-refractivity contribution < 1.29 is 4.74 Å². The first kappa shape index (κ1) is 14.9. The van der Waals surface area contributed by atoms with Gasteiger partial charge in [0.25, 0.3) is 0 Å². The maximum Gasteiger partial charge on any atom is 0.119 e. The Labute approximate surface area is 125 Å². The molecule has 20 heavy (non-hydrogen) atoms. The summed E-state index contributed by atoms with van der Waals surface area (Å²) < 4.78 is 5.43. The maximum absolute atomic E-state index is 6.22. The standard InChI is InChI=1S/C17H21NOS/c1-2-19-16-10-8-15(9-11-16)17(18)13-20-12-14-6-4-3-5-7-14/h3-11,17H,2,12-13,18H2,1H3. The fraction of sp³-hybridized carbons (Fsp3) is 0.294. The zero-order valence-corrected chi connectivity index (χ0v) is 12.6. The Bertz CT molecular complexity index is 498. The van der Waals surface area contributed by atoms with Crippen molar-refractivity contribution >= 4 is 11.8 Å². The molecule has 106 valence electrons. The van der Waals surface area contributed by atoms with E-state index in [1.54, 1.807) is 0 Å². The number of benzene rings is 2. The third-order valence-electron chi connectivity index (χ3n) is 3.03. The first-order valence-corrected chi connectivity index (χ1v) is 8.05. The Kier molecular flexibility index (Phi) is 5.96. The van der Waals surface area contributed by atoms with Crippen molar-refractivity contribution in [2.45, 2.75) is 18.7 Å². The molecule has 0 fully saturated rings. The normalized spacial score (nSPS) is 12.1. The molecule has 0 aromatic heterocycles. The lowest BCUT2D eigenvalue weighted by atomic mass is 10.1. The highest BCUT2D eigenvalue weighted by Crippen LogP contribution is 2.21. The Morgan fingerprint density at radius 1 is 1.05 bits per heavy atom. The highest BCUT2D eigenvalue weighted by atomic mass is 32.2. The number of nitrogens with two attached hydrogens (primary N) is 1. The van der Waals surface area contributed by atoms with Gasteiger partial charge in [0.2, 0.25) is 0 Å². The molecule has 0 aliphatic carbocycles. The Balaban J connectivity index is 1.80. The second kappa shape index (κ2) is 7.98. The molecule has 0 heterocycles. The van der Waals surface area contributed by atoms with E-state index in [4.69, 9.17) is 10.5 Å². The van der Waals surface area contributed by atoms with Gasteiger partial charge in [0.15, 0.2) is 0 Å². The van der Waals surface area contributed by atoms with E-state index in [0.717, 1.165) is 22.8 Å². The highest BCUT2D eigenvalue weighted by molar-refractivity contribution is 7.98. The van der Waals surface area contributed by atoms with E-state index >= 15 is 0 Å². The minimum Gasteiger partial charge on any atom is -0.494 e. The van der Waals surface area contributed by atoms with Crippen LogP contribution in [0.3, 0.4) is 0 Å². The highest BCUT2D eigenvalue weighted by Gasteiger charge is 2.06. The molecule has 2 aromatic carbocycles. The summed E-state index contributed by atoms with van der Waals surface area (Å²) in [4.78, 5) is 0. The van der Waals surface area contributed by atoms with Crippen LogP contribution in [0.5, 0.6) is 5.75 Å². The van der Waals surface area contributed by atoms with Gasteiger partial charge in [0.1, 0.15) is 5.75 Å². The Hall–Kier alpha value is -1.45. The molecule has 2 N–H and O–H groups in total. The van der Waals surface area contributed by atoms with Gasteiger partial charge in [-0.25, -0.2) is 0 Å². The van der Waals surface area contributed by atoms with Gasteiger partial charge in [-0.1, -0.05) is 42.5 Å². The van der Waals surface area contributed by atoms with Gasteiger partial charge < -0.3 is 10.5 Å². The maximum atomic E-state index is 6.22. The summed E-state index contributed by atoms with van der Waals surface area (Å²) >= 11 is 1.87. The van der Waals surface area contributed by atoms with E-state index in [9.17, 15) is 0 Å². The number of hydrogen-bond donors (Lipinski definition) is 1. The van der Waals surface area contributed by atoms with E-state index in [0.29, 0.717) is 6.61 Å². The summed E-state index contributed by atoms with van der Waals surface area (Å²) in [6.45, 7) is 2.68. The molecule has 0 bridgehead atoms. The van der Waals surface area contributed by atoms with Crippen molar-refractivity contribution in [2.75, 3.05) is 12.4 Å². The summed E-state index contributed by atoms with van der Waals surface area (Å²) in [5.74, 6) is 2.83. The van der Waals surface area contributed by atoms with Gasteiger partial charge in [-0.15, -0.1) is 0 Å². The molecule has 0 aliphatic rings. The van der Waals surface area contributed by atoms with E-state index in [-0.39, 0.29) is 6.04 Å². The topological polar surface area (TPSA) is 35.2 Å². The summed E-state index contributed by atoms with van der Waals surface area (Å²) in [6, 6.07) is 18.6. The van der Waals surface area contributed by atoms with Crippen LogP contribution in [0.15, 0.2) is 54.6 Å². The minimum absolute atomic E-state index is 0.0689. The van der Waals surface area contributed by atoms with E-state index in [1.807, 2.05) is 36.9 Å². The number of thioether (sulfide) groups is 1. The monoisotopic (exact) mass is 287 g/mol. The first-order valence-electron chi connectivity index (χ1n) is 6.89. The molecule has 2 nitrogen and oxygen atoms in total. The third kappa shape index (κ3) is 4.58. The van der Waals surface area contributed by atoms with Crippen molar-refractivity contribution in [1.29, 1.82) is 0 Å². The fourth-order valence-corrected chi connectivity index (χ4v) is 2.94. The number of ether oxygens (including phenoxy) is 1. The largest absolute Gasteiger partial charge is 0.494 e. The SMILES string of the molecule is CCOc1ccc(C(N)CSCc2ccccc2)cc1. The van der Waals surface area contributed by atoms with E-state index in [1.165, 1.54) is 5.56 Å². The smallest absolute Gasteiger partial charge is 0.119 e. The molecule has 3 heteroatoms. The van der Waals surface area contributed by atoms with Crippen molar-refractivity contribution in [3.63, 3.8) is 0 Å². The van der Waals surface area contributed by atoms with Gasteiger partial charge in [0, 0.05) is 17.5 Å². The second-order valence-electron chi connectivity index (χ2n) is 4.61. The molecule has 2 rings (SSSR count). The van der Waals surface area contributed by atoms with Crippen molar-refractivity contribution in [3.8, 4) is 5.75 Å². The van der Waals surface area contributed by atoms with Crippen LogP contribution >= 0.6 is 11.8 Å². The lowest BCUT2D eigenvalue weighted by Gasteiger charge is -2.12. The van der Waals surface area contributed by atoms with Crippen LogP contribution in [-0.4, -0.2) is 12.4 Å². The quantitative estimate of drug-likeness (QED) is 0.835. The van der Waals surface area contributed by atoms with Crippen LogP contribution in [-0.2, 0) is 5.75 Å². The van der Waals surface area contributed by atoms with E-state index < -0.39 is 0 Å². The Morgan fingerprint density at radius 3 is 2.40 bits per heavy atom. The Morgan fingerprint density at radius 2 is 1.75 bits per heavy atom. The van der Waals surface area contributed by atoms with Gasteiger partial charge in [-0.05, 0) is 30.2 Å². The molecule has 0 saturated heterocycles. The molecular weight excluding hydrogens is 266 g/mol. The summed E-state index contributed by atoms with van der Waals surface area (Å²) in [6.07, 6.45) is 0. The zero-order chi connectivity index (χ0) is 14.2. The molecule has 0 radical (unpaired) electrons. The lowest BCUT2D eigenvalue weighted by Crippen LogP contribution is -2.13. The van der Waals surface area contributed by atoms with Crippen LogP contribution in [0.1, 0.15) is 24.1 Å². The molecule has 2 aromatic rings. The van der Waals surface area contributed by atoms with Gasteiger partial charge >= 0.3 is 0 Å². The summed E-state index contributed by atoms with van der Waals surface area (Å²) in [5.41, 5.74) is 8.73. The molecule has 0 spiro atoms. The molecule has 0 saturated carbocycles. The summed E-state index contributed by atoms with van der Waals surface area (Å²) in [7, 11) is 0. The minimum atomic E-state index is 0.0689. The predicted octanol–water partition coefficient (Wildman–Crippen LogP) is 4.02.